The van der Waals surface area contributed by atoms with Gasteiger partial charge in [-0.2, -0.15) is 0 Å². The van der Waals surface area contributed by atoms with Crippen LogP contribution in [0.5, 0.6) is 0 Å². The summed E-state index contributed by atoms with van der Waals surface area (Å²) in [5.41, 5.74) is 2.30. The molecule has 1 aromatic heterocycles. The molecule has 0 saturated heterocycles. The lowest BCUT2D eigenvalue weighted by molar-refractivity contribution is 0.819. The zero-order valence-corrected chi connectivity index (χ0v) is 10.0. The fourth-order valence-corrected chi connectivity index (χ4v) is 2.28. The Balaban J connectivity index is 2.64. The van der Waals surface area contributed by atoms with Gasteiger partial charge < -0.3 is 10.3 Å². The molecule has 0 atom stereocenters. The molecule has 0 spiro atoms. The first-order chi connectivity index (χ1) is 6.72. The Labute approximate surface area is 95.8 Å². The summed E-state index contributed by atoms with van der Waals surface area (Å²) in [6, 6.07) is 5.87. The van der Waals surface area contributed by atoms with Crippen LogP contribution in [0.4, 0.5) is 0 Å². The van der Waals surface area contributed by atoms with Gasteiger partial charge in [0.05, 0.1) is 4.60 Å². The number of hydrogen-bond donors (Lipinski definition) is 2. The van der Waals surface area contributed by atoms with E-state index in [1.807, 2.05) is 25.2 Å². The van der Waals surface area contributed by atoms with E-state index in [9.17, 15) is 0 Å². The first-order valence-corrected chi connectivity index (χ1v) is 5.49. The van der Waals surface area contributed by atoms with Crippen LogP contribution < -0.4 is 5.32 Å². The molecule has 0 aliphatic rings. The van der Waals surface area contributed by atoms with Gasteiger partial charge in [0.1, 0.15) is 0 Å². The largest absolute Gasteiger partial charge is 0.349 e. The van der Waals surface area contributed by atoms with Crippen LogP contribution in [0.3, 0.4) is 0 Å². The van der Waals surface area contributed by atoms with Gasteiger partial charge in [0.25, 0.3) is 0 Å². The van der Waals surface area contributed by atoms with Gasteiger partial charge in [-0.25, -0.2) is 0 Å². The molecule has 0 saturated carbocycles. The van der Waals surface area contributed by atoms with Crippen LogP contribution in [0, 0.1) is 0 Å². The van der Waals surface area contributed by atoms with E-state index in [2.05, 4.69) is 26.2 Å². The molecule has 2 nitrogen and oxygen atoms in total. The highest BCUT2D eigenvalue weighted by molar-refractivity contribution is 9.10. The predicted octanol–water partition coefficient (Wildman–Crippen LogP) is 3.30. The molecule has 0 unspecified atom stereocenters. The summed E-state index contributed by atoms with van der Waals surface area (Å²) >= 11 is 9.40. The number of H-pyrrole nitrogens is 1. The van der Waals surface area contributed by atoms with E-state index in [0.717, 1.165) is 21.7 Å². The van der Waals surface area contributed by atoms with E-state index in [0.29, 0.717) is 0 Å². The van der Waals surface area contributed by atoms with Gasteiger partial charge in [-0.3, -0.25) is 0 Å². The summed E-state index contributed by atoms with van der Waals surface area (Å²) in [7, 11) is 1.93. The number of hydrogen-bond acceptors (Lipinski definition) is 1. The molecular weight excluding hydrogens is 263 g/mol. The minimum Gasteiger partial charge on any atom is -0.349 e. The van der Waals surface area contributed by atoms with E-state index in [-0.39, 0.29) is 0 Å². The average Bonchev–Trinajstić information content (AvgIpc) is 2.43. The second kappa shape index (κ2) is 3.93. The molecule has 4 heteroatoms. The van der Waals surface area contributed by atoms with Crippen LogP contribution >= 0.6 is 27.5 Å². The van der Waals surface area contributed by atoms with Crippen molar-refractivity contribution in [3.63, 3.8) is 0 Å². The van der Waals surface area contributed by atoms with Crippen LogP contribution in [-0.4, -0.2) is 12.0 Å². The van der Waals surface area contributed by atoms with Gasteiger partial charge in [0.15, 0.2) is 0 Å². The molecule has 2 rings (SSSR count). The molecule has 0 radical (unpaired) electrons. The molecular formula is C10H10BrClN2. The Bertz CT molecular complexity index is 464. The third kappa shape index (κ3) is 1.67. The molecule has 1 heterocycles. The average molecular weight is 274 g/mol. The SMILES string of the molecule is CNCc1c(Br)[nH]c2cc(Cl)ccc12. The van der Waals surface area contributed by atoms with Gasteiger partial charge in [-0.1, -0.05) is 17.7 Å². The number of benzene rings is 1. The van der Waals surface area contributed by atoms with E-state index in [4.69, 9.17) is 11.6 Å². The first-order valence-electron chi connectivity index (χ1n) is 4.32. The highest BCUT2D eigenvalue weighted by atomic mass is 79.9. The maximum atomic E-state index is 5.91. The Morgan fingerprint density at radius 3 is 3.00 bits per heavy atom. The molecule has 0 amide bonds. The van der Waals surface area contributed by atoms with Gasteiger partial charge in [-0.05, 0) is 35.1 Å². The number of nitrogens with one attached hydrogen (secondary N) is 2. The van der Waals surface area contributed by atoms with Crippen LogP contribution in [0.25, 0.3) is 10.9 Å². The molecule has 0 aliphatic carbocycles. The van der Waals surface area contributed by atoms with Crippen molar-refractivity contribution >= 4 is 38.4 Å². The molecule has 0 fully saturated rings. The highest BCUT2D eigenvalue weighted by Crippen LogP contribution is 2.28. The topological polar surface area (TPSA) is 27.8 Å². The summed E-state index contributed by atoms with van der Waals surface area (Å²) in [5.74, 6) is 0. The normalized spacial score (nSPS) is 11.1. The fourth-order valence-electron chi connectivity index (χ4n) is 1.54. The summed E-state index contributed by atoms with van der Waals surface area (Å²) in [4.78, 5) is 3.24. The van der Waals surface area contributed by atoms with Crippen LogP contribution in [0.15, 0.2) is 22.8 Å². The van der Waals surface area contributed by atoms with Crippen molar-refractivity contribution in [1.29, 1.82) is 0 Å². The molecule has 1 aromatic carbocycles. The van der Waals surface area contributed by atoms with Crippen molar-refractivity contribution in [2.45, 2.75) is 6.54 Å². The Kier molecular flexibility index (Phi) is 2.81. The number of halogens is 2. The van der Waals surface area contributed by atoms with Gasteiger partial charge in [0.2, 0.25) is 0 Å². The monoisotopic (exact) mass is 272 g/mol. The maximum Gasteiger partial charge on any atom is 0.0876 e. The lowest BCUT2D eigenvalue weighted by atomic mass is 10.2. The summed E-state index contributed by atoms with van der Waals surface area (Å²) < 4.78 is 1.02. The summed E-state index contributed by atoms with van der Waals surface area (Å²) in [6.45, 7) is 0.836. The Hall–Kier alpha value is -0.510. The molecule has 2 N–H and O–H groups in total. The quantitative estimate of drug-likeness (QED) is 0.863. The lowest BCUT2D eigenvalue weighted by Crippen LogP contribution is -2.04. The van der Waals surface area contributed by atoms with E-state index >= 15 is 0 Å². The highest BCUT2D eigenvalue weighted by Gasteiger charge is 2.08. The minimum absolute atomic E-state index is 0.752. The number of fused-ring (bicyclic) bond motifs is 1. The zero-order chi connectivity index (χ0) is 10.1. The molecule has 0 bridgehead atoms. The number of aromatic nitrogens is 1. The van der Waals surface area contributed by atoms with Crippen molar-refractivity contribution in [3.05, 3.63) is 33.4 Å². The van der Waals surface area contributed by atoms with Crippen LogP contribution in [0.2, 0.25) is 5.02 Å². The summed E-state index contributed by atoms with van der Waals surface area (Å²) in [6.07, 6.45) is 0. The maximum absolute atomic E-state index is 5.91. The third-order valence-electron chi connectivity index (χ3n) is 2.17. The first kappa shape index (κ1) is 10.0. The van der Waals surface area contributed by atoms with Gasteiger partial charge in [0, 0.05) is 28.0 Å². The van der Waals surface area contributed by atoms with Crippen molar-refractivity contribution < 1.29 is 0 Å². The smallest absolute Gasteiger partial charge is 0.0876 e. The standard InChI is InChI=1S/C10H10BrClN2/c1-13-5-8-7-3-2-6(12)4-9(7)14-10(8)11/h2-4,13-14H,5H2,1H3. The van der Waals surface area contributed by atoms with Crippen molar-refractivity contribution in [1.82, 2.24) is 10.3 Å². The van der Waals surface area contributed by atoms with E-state index in [1.165, 1.54) is 10.9 Å². The number of rotatable bonds is 2. The van der Waals surface area contributed by atoms with Gasteiger partial charge in [-0.15, -0.1) is 0 Å². The van der Waals surface area contributed by atoms with E-state index < -0.39 is 0 Å². The molecule has 0 aliphatic heterocycles. The fraction of sp³-hybridized carbons (Fsp3) is 0.200. The molecule has 2 aromatic rings. The van der Waals surface area contributed by atoms with Crippen molar-refractivity contribution in [2.75, 3.05) is 7.05 Å². The molecule has 74 valence electrons. The van der Waals surface area contributed by atoms with Crippen LogP contribution in [-0.2, 0) is 6.54 Å². The second-order valence-corrected chi connectivity index (χ2v) is 4.37. The third-order valence-corrected chi connectivity index (χ3v) is 3.08. The van der Waals surface area contributed by atoms with E-state index in [1.54, 1.807) is 0 Å². The lowest BCUT2D eigenvalue weighted by Gasteiger charge is -1.98. The van der Waals surface area contributed by atoms with Crippen molar-refractivity contribution in [3.8, 4) is 0 Å². The second-order valence-electron chi connectivity index (χ2n) is 3.14. The van der Waals surface area contributed by atoms with Crippen LogP contribution in [0.1, 0.15) is 5.56 Å². The Morgan fingerprint density at radius 2 is 2.29 bits per heavy atom. The number of aromatic amines is 1. The van der Waals surface area contributed by atoms with Gasteiger partial charge >= 0.3 is 0 Å². The summed E-state index contributed by atoms with van der Waals surface area (Å²) in [5, 5.41) is 5.09. The van der Waals surface area contributed by atoms with Crippen molar-refractivity contribution in [2.24, 2.45) is 0 Å². The zero-order valence-electron chi connectivity index (χ0n) is 7.70. The Morgan fingerprint density at radius 1 is 1.50 bits per heavy atom. The predicted molar refractivity (Wildman–Crippen MR) is 63.8 cm³/mol. The molecule has 14 heavy (non-hydrogen) atoms. The minimum atomic E-state index is 0.752.